The van der Waals surface area contributed by atoms with Crippen molar-refractivity contribution in [2.75, 3.05) is 43.1 Å². The third kappa shape index (κ3) is 4.60. The molecule has 0 bridgehead atoms. The maximum absolute atomic E-state index is 5.53. The molecule has 0 atom stereocenters. The van der Waals surface area contributed by atoms with Gasteiger partial charge in [-0.05, 0) is 31.4 Å². The lowest BCUT2D eigenvalue weighted by atomic mass is 10.0. The quantitative estimate of drug-likeness (QED) is 0.585. The van der Waals surface area contributed by atoms with Crippen LogP contribution in [0, 0.1) is 0 Å². The molecule has 3 aromatic heterocycles. The number of ether oxygens (including phenoxy) is 1. The van der Waals surface area contributed by atoms with E-state index < -0.39 is 0 Å². The van der Waals surface area contributed by atoms with Gasteiger partial charge in [-0.3, -0.25) is 4.99 Å². The van der Waals surface area contributed by atoms with E-state index in [0.717, 1.165) is 93.4 Å². The first kappa shape index (κ1) is 21.0. The van der Waals surface area contributed by atoms with Gasteiger partial charge in [-0.15, -0.1) is 22.7 Å². The average Bonchev–Trinajstić information content (AvgIpc) is 3.52. The van der Waals surface area contributed by atoms with Crippen LogP contribution >= 0.6 is 22.7 Å². The van der Waals surface area contributed by atoms with Crippen LogP contribution in [0.25, 0.3) is 11.4 Å². The fraction of sp³-hybridized carbons (Fsp3) is 0.478. The first-order valence-electron chi connectivity index (χ1n) is 11.6. The molecular formula is C23H27N7OS2. The summed E-state index contributed by atoms with van der Waals surface area (Å²) in [7, 11) is 0. The molecule has 6 heterocycles. The number of nitrogens with zero attached hydrogens (tertiary/aromatic N) is 5. The van der Waals surface area contributed by atoms with Gasteiger partial charge in [-0.2, -0.15) is 0 Å². The number of guanidine groups is 1. The fourth-order valence-corrected chi connectivity index (χ4v) is 6.44. The van der Waals surface area contributed by atoms with Gasteiger partial charge in [0.05, 0.1) is 22.9 Å². The maximum Gasteiger partial charge on any atom is 0.197 e. The number of rotatable bonds is 4. The zero-order valence-corrected chi connectivity index (χ0v) is 20.1. The summed E-state index contributed by atoms with van der Waals surface area (Å²) < 4.78 is 5.53. The zero-order valence-electron chi connectivity index (χ0n) is 18.4. The highest BCUT2D eigenvalue weighted by molar-refractivity contribution is 7.14. The molecule has 1 fully saturated rings. The molecule has 0 radical (unpaired) electrons. The van der Waals surface area contributed by atoms with Crippen LogP contribution in [0.2, 0.25) is 0 Å². The van der Waals surface area contributed by atoms with E-state index in [1.807, 2.05) is 17.4 Å². The average molecular weight is 482 g/mol. The summed E-state index contributed by atoms with van der Waals surface area (Å²) in [5, 5.41) is 10.7. The topological polar surface area (TPSA) is 87.6 Å². The monoisotopic (exact) mass is 481 g/mol. The second-order valence-corrected chi connectivity index (χ2v) is 10.5. The number of hydrogen-bond acceptors (Lipinski definition) is 10. The van der Waals surface area contributed by atoms with Gasteiger partial charge in [-0.1, -0.05) is 6.07 Å². The molecule has 3 aliphatic rings. The predicted molar refractivity (Wildman–Crippen MR) is 134 cm³/mol. The Hall–Kier alpha value is -2.56. The molecule has 0 aromatic carbocycles. The number of pyridine rings is 1. The molecule has 2 N–H and O–H groups in total. The van der Waals surface area contributed by atoms with Gasteiger partial charge in [0.15, 0.2) is 11.1 Å². The number of aliphatic imine (C=N–C) groups is 1. The first-order valence-corrected chi connectivity index (χ1v) is 13.3. The smallest absolute Gasteiger partial charge is 0.197 e. The minimum atomic E-state index is 0.562. The van der Waals surface area contributed by atoms with Crippen LogP contribution in [0.15, 0.2) is 28.6 Å². The van der Waals surface area contributed by atoms with E-state index in [4.69, 9.17) is 19.7 Å². The van der Waals surface area contributed by atoms with Crippen LogP contribution in [-0.2, 0) is 17.7 Å². The van der Waals surface area contributed by atoms with Crippen LogP contribution in [0.4, 0.5) is 10.9 Å². The minimum absolute atomic E-state index is 0.562. The molecule has 0 amide bonds. The molecule has 1 saturated heterocycles. The summed E-state index contributed by atoms with van der Waals surface area (Å²) in [6, 6.07) is 6.21. The maximum atomic E-state index is 5.53. The van der Waals surface area contributed by atoms with Crippen molar-refractivity contribution in [2.45, 2.75) is 38.1 Å². The molecule has 3 aliphatic heterocycles. The van der Waals surface area contributed by atoms with Gasteiger partial charge in [-0.25, -0.2) is 15.0 Å². The Kier molecular flexibility index (Phi) is 5.96. The lowest BCUT2D eigenvalue weighted by molar-refractivity contribution is 0.0852. The van der Waals surface area contributed by atoms with Gasteiger partial charge in [0.25, 0.3) is 0 Å². The molecule has 0 unspecified atom stereocenters. The summed E-state index contributed by atoms with van der Waals surface area (Å²) in [6.07, 6.45) is 4.23. The summed E-state index contributed by atoms with van der Waals surface area (Å²) in [6.45, 7) is 5.33. The second-order valence-electron chi connectivity index (χ2n) is 8.53. The van der Waals surface area contributed by atoms with Crippen molar-refractivity contribution < 1.29 is 4.74 Å². The summed E-state index contributed by atoms with van der Waals surface area (Å²) in [5.41, 5.74) is 3.06. The van der Waals surface area contributed by atoms with E-state index in [9.17, 15) is 0 Å². The molecule has 10 heteroatoms. The molecule has 33 heavy (non-hydrogen) atoms. The van der Waals surface area contributed by atoms with Crippen molar-refractivity contribution in [3.05, 3.63) is 39.2 Å². The number of nitrogens with one attached hydrogen (secondary N) is 2. The fourth-order valence-electron chi connectivity index (χ4n) is 4.44. The van der Waals surface area contributed by atoms with Crippen LogP contribution in [0.1, 0.15) is 40.8 Å². The first-order chi connectivity index (χ1) is 16.3. The number of fused-ring (bicyclic) bond motifs is 1. The second kappa shape index (κ2) is 9.36. The molecule has 8 nitrogen and oxygen atoms in total. The lowest BCUT2D eigenvalue weighted by Gasteiger charge is -2.27. The van der Waals surface area contributed by atoms with Gasteiger partial charge in [0, 0.05) is 55.4 Å². The van der Waals surface area contributed by atoms with E-state index in [1.165, 1.54) is 15.6 Å². The largest absolute Gasteiger partial charge is 0.381 e. The number of hydrogen-bond donors (Lipinski definition) is 2. The number of thiazole rings is 2. The summed E-state index contributed by atoms with van der Waals surface area (Å²) >= 11 is 3.46. The molecule has 0 spiro atoms. The Morgan fingerprint density at radius 2 is 2.06 bits per heavy atom. The SMILES string of the molecule is c1cc(-c2csc(NC3=NCCCN3)n2)nc(N2CCc3nc(C4CCOCC4)sc3C2)c1. The molecule has 0 saturated carbocycles. The van der Waals surface area contributed by atoms with Gasteiger partial charge in [0.1, 0.15) is 11.5 Å². The van der Waals surface area contributed by atoms with Crippen LogP contribution < -0.4 is 15.5 Å². The van der Waals surface area contributed by atoms with E-state index >= 15 is 0 Å². The van der Waals surface area contributed by atoms with Gasteiger partial charge in [0.2, 0.25) is 0 Å². The minimum Gasteiger partial charge on any atom is -0.381 e. The Morgan fingerprint density at radius 3 is 2.94 bits per heavy atom. The highest BCUT2D eigenvalue weighted by atomic mass is 32.1. The molecule has 0 aliphatic carbocycles. The van der Waals surface area contributed by atoms with Gasteiger partial charge < -0.3 is 20.3 Å². The van der Waals surface area contributed by atoms with Crippen LogP contribution in [0.3, 0.4) is 0 Å². The normalized spacial score (nSPS) is 19.0. The van der Waals surface area contributed by atoms with Crippen LogP contribution in [0.5, 0.6) is 0 Å². The van der Waals surface area contributed by atoms with Crippen molar-refractivity contribution in [3.8, 4) is 11.4 Å². The highest BCUT2D eigenvalue weighted by Crippen LogP contribution is 2.35. The predicted octanol–water partition coefficient (Wildman–Crippen LogP) is 3.88. The Bertz CT molecular complexity index is 1150. The summed E-state index contributed by atoms with van der Waals surface area (Å²) in [5.74, 6) is 2.36. The standard InChI is InChI=1S/C23H27N7OS2/c1-3-16(18-14-32-23(28-18)29-22-24-8-2-9-25-22)26-20(4-1)30-10-5-17-19(13-30)33-21(27-17)15-6-11-31-12-7-15/h1,3-4,14-15H,2,5-13H2,(H2,24,25,28,29). The highest BCUT2D eigenvalue weighted by Gasteiger charge is 2.26. The Balaban J connectivity index is 1.17. The van der Waals surface area contributed by atoms with Gasteiger partial charge >= 0.3 is 0 Å². The Labute approximate surface area is 201 Å². The van der Waals surface area contributed by atoms with Crippen molar-refractivity contribution in [1.82, 2.24) is 20.3 Å². The Morgan fingerprint density at radius 1 is 1.12 bits per heavy atom. The third-order valence-corrected chi connectivity index (χ3v) is 8.27. The van der Waals surface area contributed by atoms with E-state index in [0.29, 0.717) is 5.92 Å². The number of aromatic nitrogens is 3. The van der Waals surface area contributed by atoms with Crippen LogP contribution in [-0.4, -0.2) is 53.8 Å². The molecular weight excluding hydrogens is 454 g/mol. The van der Waals surface area contributed by atoms with E-state index in [-0.39, 0.29) is 0 Å². The van der Waals surface area contributed by atoms with Crippen molar-refractivity contribution >= 4 is 39.6 Å². The lowest BCUT2D eigenvalue weighted by Crippen LogP contribution is -2.35. The number of anilines is 2. The van der Waals surface area contributed by atoms with Crippen molar-refractivity contribution in [2.24, 2.45) is 4.99 Å². The van der Waals surface area contributed by atoms with E-state index in [1.54, 1.807) is 11.3 Å². The van der Waals surface area contributed by atoms with E-state index in [2.05, 4.69) is 38.0 Å². The molecule has 6 rings (SSSR count). The van der Waals surface area contributed by atoms with Crippen molar-refractivity contribution in [1.29, 1.82) is 0 Å². The molecule has 172 valence electrons. The summed E-state index contributed by atoms with van der Waals surface area (Å²) in [4.78, 5) is 22.9. The third-order valence-electron chi connectivity index (χ3n) is 6.27. The van der Waals surface area contributed by atoms with Crippen molar-refractivity contribution in [3.63, 3.8) is 0 Å². The zero-order chi connectivity index (χ0) is 22.0. The molecule has 3 aromatic rings.